The number of thioether (sulfide) groups is 2. The molecule has 0 amide bonds. The van der Waals surface area contributed by atoms with E-state index in [-0.39, 0.29) is 0 Å². The third kappa shape index (κ3) is 4.13. The largest absolute Gasteiger partial charge is 0.362 e. The molecule has 0 atom stereocenters. The Morgan fingerprint density at radius 2 is 2.00 bits per heavy atom. The fraction of sp³-hybridized carbons (Fsp3) is 0.778. The molecule has 1 N–H and O–H groups in total. The highest BCUT2D eigenvalue weighted by Crippen LogP contribution is 2.31. The molecule has 2 fully saturated rings. The first-order chi connectivity index (χ1) is 11.9. The normalized spacial score (nSPS) is 25.8. The zero-order chi connectivity index (χ0) is 16.2. The van der Waals surface area contributed by atoms with Gasteiger partial charge in [0, 0.05) is 24.0 Å². The highest BCUT2D eigenvalue weighted by Gasteiger charge is 2.27. The second-order valence-electron chi connectivity index (χ2n) is 7.18. The molecule has 4 nitrogen and oxygen atoms in total. The summed E-state index contributed by atoms with van der Waals surface area (Å²) in [7, 11) is 0. The monoisotopic (exact) mass is 364 g/mol. The molecule has 0 bridgehead atoms. The maximum atomic E-state index is 5.10. The average Bonchev–Trinajstić information content (AvgIpc) is 3.32. The molecule has 0 aromatic rings. The van der Waals surface area contributed by atoms with Gasteiger partial charge in [-0.1, -0.05) is 55.6 Å². The Labute approximate surface area is 154 Å². The average molecular weight is 365 g/mol. The number of hydrogen-bond donors (Lipinski definition) is 1. The predicted octanol–water partition coefficient (Wildman–Crippen LogP) is 4.20. The fourth-order valence-corrected chi connectivity index (χ4v) is 6.03. The number of nitrogens with zero attached hydrogens (tertiary/aromatic N) is 3. The van der Waals surface area contributed by atoms with Crippen LogP contribution in [0.5, 0.6) is 0 Å². The lowest BCUT2D eigenvalue weighted by molar-refractivity contribution is 0.414. The SMILES string of the molecule is C1=C(CSC(=NC2CCCC2)NC2CCCCC2)N2CCN=C2S1. The molecule has 0 radical (unpaired) electrons. The van der Waals surface area contributed by atoms with Crippen LogP contribution in [0.4, 0.5) is 0 Å². The zero-order valence-corrected chi connectivity index (χ0v) is 16.0. The third-order valence-corrected chi connectivity index (χ3v) is 7.25. The summed E-state index contributed by atoms with van der Waals surface area (Å²) in [5, 5.41) is 8.47. The van der Waals surface area contributed by atoms with Gasteiger partial charge in [0.15, 0.2) is 10.3 Å². The first-order valence-electron chi connectivity index (χ1n) is 9.53. The number of fused-ring (bicyclic) bond motifs is 1. The first-order valence-corrected chi connectivity index (χ1v) is 11.4. The standard InChI is InChI=1S/C18H28N4S2/c1-2-6-14(7-3-1)20-17(21-15-8-4-5-9-15)23-12-16-13-24-18-19-10-11-22(16)18/h13-15H,1-12H2,(H,20,21). The van der Waals surface area contributed by atoms with Crippen molar-refractivity contribution in [3.8, 4) is 0 Å². The Hall–Kier alpha value is -0.620. The smallest absolute Gasteiger partial charge is 0.167 e. The van der Waals surface area contributed by atoms with E-state index in [4.69, 9.17) is 4.99 Å². The summed E-state index contributed by atoms with van der Waals surface area (Å²) in [6, 6.07) is 1.20. The minimum Gasteiger partial charge on any atom is -0.362 e. The van der Waals surface area contributed by atoms with Crippen LogP contribution < -0.4 is 5.32 Å². The second kappa shape index (κ2) is 8.17. The summed E-state index contributed by atoms with van der Waals surface area (Å²) in [6.07, 6.45) is 12.0. The summed E-state index contributed by atoms with van der Waals surface area (Å²) < 4.78 is 0. The van der Waals surface area contributed by atoms with E-state index in [2.05, 4.69) is 20.6 Å². The Bertz CT molecular complexity index is 531. The van der Waals surface area contributed by atoms with Gasteiger partial charge in [-0.3, -0.25) is 9.98 Å². The van der Waals surface area contributed by atoms with E-state index in [0.717, 1.165) is 18.8 Å². The van der Waals surface area contributed by atoms with E-state index in [1.165, 1.54) is 73.8 Å². The van der Waals surface area contributed by atoms with Crippen LogP contribution in [0.3, 0.4) is 0 Å². The minimum atomic E-state index is 0.555. The molecule has 4 aliphatic rings. The van der Waals surface area contributed by atoms with E-state index < -0.39 is 0 Å². The molecule has 2 aliphatic heterocycles. The minimum absolute atomic E-state index is 0.555. The van der Waals surface area contributed by atoms with Gasteiger partial charge in [0.25, 0.3) is 0 Å². The van der Waals surface area contributed by atoms with Crippen molar-refractivity contribution >= 4 is 33.9 Å². The molecule has 6 heteroatoms. The van der Waals surface area contributed by atoms with Gasteiger partial charge in [0.05, 0.1) is 12.6 Å². The zero-order valence-electron chi connectivity index (χ0n) is 14.4. The van der Waals surface area contributed by atoms with Gasteiger partial charge in [0.2, 0.25) is 0 Å². The van der Waals surface area contributed by atoms with Crippen LogP contribution in [0.25, 0.3) is 0 Å². The maximum absolute atomic E-state index is 5.10. The summed E-state index contributed by atoms with van der Waals surface area (Å²) in [5.74, 6) is 1.01. The second-order valence-corrected chi connectivity index (χ2v) is 8.98. The molecule has 0 spiro atoms. The van der Waals surface area contributed by atoms with E-state index in [1.807, 2.05) is 11.8 Å². The number of nitrogens with one attached hydrogen (secondary N) is 1. The van der Waals surface area contributed by atoms with Crippen LogP contribution >= 0.6 is 23.5 Å². The molecule has 2 saturated carbocycles. The maximum Gasteiger partial charge on any atom is 0.167 e. The van der Waals surface area contributed by atoms with Crippen molar-refractivity contribution < 1.29 is 0 Å². The molecular formula is C18H28N4S2. The molecule has 24 heavy (non-hydrogen) atoms. The van der Waals surface area contributed by atoms with Crippen molar-refractivity contribution in [3.63, 3.8) is 0 Å². The summed E-state index contributed by atoms with van der Waals surface area (Å²) in [5.41, 5.74) is 1.41. The molecular weight excluding hydrogens is 336 g/mol. The predicted molar refractivity (Wildman–Crippen MR) is 107 cm³/mol. The van der Waals surface area contributed by atoms with Gasteiger partial charge in [-0.2, -0.15) is 0 Å². The Kier molecular flexibility index (Phi) is 5.73. The Morgan fingerprint density at radius 3 is 2.83 bits per heavy atom. The van der Waals surface area contributed by atoms with E-state index in [1.54, 1.807) is 11.8 Å². The van der Waals surface area contributed by atoms with Crippen molar-refractivity contribution in [3.05, 3.63) is 11.1 Å². The highest BCUT2D eigenvalue weighted by atomic mass is 32.2. The third-order valence-electron chi connectivity index (χ3n) is 5.36. The van der Waals surface area contributed by atoms with Crippen LogP contribution in [0, 0.1) is 0 Å². The van der Waals surface area contributed by atoms with Gasteiger partial charge in [-0.05, 0) is 31.1 Å². The van der Waals surface area contributed by atoms with Crippen LogP contribution in [0.15, 0.2) is 21.1 Å². The van der Waals surface area contributed by atoms with Crippen LogP contribution in [0.1, 0.15) is 57.8 Å². The first kappa shape index (κ1) is 16.8. The summed E-state index contributed by atoms with van der Waals surface area (Å²) >= 11 is 3.69. The van der Waals surface area contributed by atoms with Crippen molar-refractivity contribution in [2.24, 2.45) is 9.98 Å². The quantitative estimate of drug-likeness (QED) is 0.599. The van der Waals surface area contributed by atoms with E-state index >= 15 is 0 Å². The van der Waals surface area contributed by atoms with Crippen molar-refractivity contribution in [1.82, 2.24) is 10.2 Å². The van der Waals surface area contributed by atoms with Crippen LogP contribution in [-0.2, 0) is 0 Å². The van der Waals surface area contributed by atoms with Gasteiger partial charge in [0.1, 0.15) is 0 Å². The molecule has 0 saturated heterocycles. The lowest BCUT2D eigenvalue weighted by Gasteiger charge is -2.25. The lowest BCUT2D eigenvalue weighted by atomic mass is 9.96. The summed E-state index contributed by atoms with van der Waals surface area (Å²) in [4.78, 5) is 12.0. The molecule has 0 unspecified atom stereocenters. The topological polar surface area (TPSA) is 40.0 Å². The fourth-order valence-electron chi connectivity index (χ4n) is 3.97. The van der Waals surface area contributed by atoms with E-state index in [0.29, 0.717) is 12.1 Å². The molecule has 0 aromatic heterocycles. The molecule has 4 rings (SSSR count). The van der Waals surface area contributed by atoms with Crippen molar-refractivity contribution in [1.29, 1.82) is 0 Å². The Morgan fingerprint density at radius 1 is 1.21 bits per heavy atom. The number of aliphatic imine (C=N–C) groups is 2. The number of rotatable bonds is 4. The van der Waals surface area contributed by atoms with Crippen LogP contribution in [0.2, 0.25) is 0 Å². The number of amidine groups is 2. The lowest BCUT2D eigenvalue weighted by Crippen LogP contribution is -2.35. The van der Waals surface area contributed by atoms with Gasteiger partial charge in [-0.15, -0.1) is 0 Å². The van der Waals surface area contributed by atoms with E-state index in [9.17, 15) is 0 Å². The number of hydrogen-bond acceptors (Lipinski definition) is 5. The van der Waals surface area contributed by atoms with Crippen molar-refractivity contribution in [2.45, 2.75) is 69.9 Å². The molecule has 2 heterocycles. The van der Waals surface area contributed by atoms with Gasteiger partial charge >= 0.3 is 0 Å². The van der Waals surface area contributed by atoms with Gasteiger partial charge in [-0.25, -0.2) is 0 Å². The van der Waals surface area contributed by atoms with Crippen LogP contribution in [-0.4, -0.2) is 46.2 Å². The summed E-state index contributed by atoms with van der Waals surface area (Å²) in [6.45, 7) is 2.01. The Balaban J connectivity index is 1.37. The van der Waals surface area contributed by atoms with Gasteiger partial charge < -0.3 is 10.2 Å². The molecule has 132 valence electrons. The molecule has 0 aromatic carbocycles. The van der Waals surface area contributed by atoms with Crippen molar-refractivity contribution in [2.75, 3.05) is 18.8 Å². The molecule has 2 aliphatic carbocycles. The highest BCUT2D eigenvalue weighted by molar-refractivity contribution is 8.17.